The van der Waals surface area contributed by atoms with Gasteiger partial charge in [-0.05, 0) is 38.3 Å². The average molecular weight is 251 g/mol. The first-order chi connectivity index (χ1) is 8.62. The lowest BCUT2D eigenvalue weighted by Gasteiger charge is -2.17. The Labute approximate surface area is 110 Å². The Bertz CT molecular complexity index is 375. The fraction of sp³-hybridized carbons (Fsp3) is 0.600. The van der Waals surface area contributed by atoms with Gasteiger partial charge in [0, 0.05) is 12.1 Å². The molecular formula is C15H25NO2. The van der Waals surface area contributed by atoms with Gasteiger partial charge in [0.15, 0.2) is 0 Å². The molecule has 0 heterocycles. The van der Waals surface area contributed by atoms with E-state index >= 15 is 0 Å². The zero-order valence-electron chi connectivity index (χ0n) is 12.2. The summed E-state index contributed by atoms with van der Waals surface area (Å²) in [6.45, 7) is 6.41. The lowest BCUT2D eigenvalue weighted by Crippen LogP contribution is -2.11. The summed E-state index contributed by atoms with van der Waals surface area (Å²) in [4.78, 5) is 0. The third kappa shape index (κ3) is 3.83. The lowest BCUT2D eigenvalue weighted by molar-refractivity contribution is 0.399. The van der Waals surface area contributed by atoms with Crippen LogP contribution in [-0.4, -0.2) is 20.3 Å². The molecule has 0 aliphatic heterocycles. The molecule has 0 radical (unpaired) electrons. The predicted octanol–water partition coefficient (Wildman–Crippen LogP) is 3.87. The highest BCUT2D eigenvalue weighted by Crippen LogP contribution is 2.34. The number of unbranched alkanes of at least 4 members (excludes halogenated alkanes) is 1. The normalized spacial score (nSPS) is 10.6. The molecule has 18 heavy (non-hydrogen) atoms. The second-order valence-corrected chi connectivity index (χ2v) is 4.77. The molecule has 1 aromatic carbocycles. The third-order valence-electron chi connectivity index (χ3n) is 2.85. The molecule has 0 bridgehead atoms. The van der Waals surface area contributed by atoms with E-state index in [1.807, 2.05) is 6.07 Å². The molecule has 0 saturated carbocycles. The molecule has 3 heteroatoms. The molecule has 1 aromatic rings. The van der Waals surface area contributed by atoms with E-state index in [1.165, 1.54) is 12.0 Å². The molecule has 0 fully saturated rings. The van der Waals surface area contributed by atoms with Crippen molar-refractivity contribution in [1.82, 2.24) is 0 Å². The third-order valence-corrected chi connectivity index (χ3v) is 2.85. The van der Waals surface area contributed by atoms with Crippen molar-refractivity contribution in [2.75, 3.05) is 19.5 Å². The van der Waals surface area contributed by atoms with E-state index in [-0.39, 0.29) is 0 Å². The predicted molar refractivity (Wildman–Crippen MR) is 76.9 cm³/mol. The highest BCUT2D eigenvalue weighted by molar-refractivity contribution is 5.62. The van der Waals surface area contributed by atoms with Crippen molar-refractivity contribution >= 4 is 5.69 Å². The standard InChI is InChI=1S/C15H25NO2/c1-6-7-8-12-9-15(18-5)13(16-11(2)3)10-14(12)17-4/h9-11,16H,6-8H2,1-5H3. The maximum Gasteiger partial charge on any atom is 0.142 e. The molecule has 102 valence electrons. The van der Waals surface area contributed by atoms with Crippen molar-refractivity contribution in [2.45, 2.75) is 46.1 Å². The molecule has 0 spiro atoms. The topological polar surface area (TPSA) is 30.5 Å². The zero-order valence-corrected chi connectivity index (χ0v) is 12.2. The highest BCUT2D eigenvalue weighted by atomic mass is 16.5. The Morgan fingerprint density at radius 3 is 2.28 bits per heavy atom. The van der Waals surface area contributed by atoms with Gasteiger partial charge in [-0.3, -0.25) is 0 Å². The van der Waals surface area contributed by atoms with Gasteiger partial charge in [0.05, 0.1) is 19.9 Å². The minimum absolute atomic E-state index is 0.366. The van der Waals surface area contributed by atoms with Gasteiger partial charge in [-0.15, -0.1) is 0 Å². The van der Waals surface area contributed by atoms with Crippen LogP contribution in [0.25, 0.3) is 0 Å². The summed E-state index contributed by atoms with van der Waals surface area (Å²) in [7, 11) is 3.42. The number of benzene rings is 1. The SMILES string of the molecule is CCCCc1cc(OC)c(NC(C)C)cc1OC. The van der Waals surface area contributed by atoms with Crippen LogP contribution in [0.15, 0.2) is 12.1 Å². The number of hydrogen-bond donors (Lipinski definition) is 1. The summed E-state index contributed by atoms with van der Waals surface area (Å²) < 4.78 is 10.9. The van der Waals surface area contributed by atoms with Crippen LogP contribution in [0.3, 0.4) is 0 Å². The maximum atomic E-state index is 5.47. The summed E-state index contributed by atoms with van der Waals surface area (Å²) in [5.74, 6) is 1.82. The van der Waals surface area contributed by atoms with Crippen LogP contribution in [-0.2, 0) is 6.42 Å². The highest BCUT2D eigenvalue weighted by Gasteiger charge is 2.11. The van der Waals surface area contributed by atoms with E-state index in [1.54, 1.807) is 14.2 Å². The van der Waals surface area contributed by atoms with Crippen molar-refractivity contribution in [3.8, 4) is 11.5 Å². The monoisotopic (exact) mass is 251 g/mol. The smallest absolute Gasteiger partial charge is 0.142 e. The molecule has 0 aliphatic rings. The van der Waals surface area contributed by atoms with Gasteiger partial charge in [0.1, 0.15) is 11.5 Å². The zero-order chi connectivity index (χ0) is 13.5. The lowest BCUT2D eigenvalue weighted by atomic mass is 10.1. The summed E-state index contributed by atoms with van der Waals surface area (Å²) in [5.41, 5.74) is 2.20. The van der Waals surface area contributed by atoms with Crippen molar-refractivity contribution in [3.63, 3.8) is 0 Å². The molecule has 1 rings (SSSR count). The van der Waals surface area contributed by atoms with Gasteiger partial charge in [-0.2, -0.15) is 0 Å². The second-order valence-electron chi connectivity index (χ2n) is 4.77. The van der Waals surface area contributed by atoms with E-state index in [9.17, 15) is 0 Å². The van der Waals surface area contributed by atoms with Crippen LogP contribution in [0.5, 0.6) is 11.5 Å². The van der Waals surface area contributed by atoms with Gasteiger partial charge in [-0.1, -0.05) is 13.3 Å². The van der Waals surface area contributed by atoms with Gasteiger partial charge in [0.2, 0.25) is 0 Å². The van der Waals surface area contributed by atoms with Crippen LogP contribution in [0.2, 0.25) is 0 Å². The van der Waals surface area contributed by atoms with E-state index in [4.69, 9.17) is 9.47 Å². The van der Waals surface area contributed by atoms with Crippen molar-refractivity contribution in [2.24, 2.45) is 0 Å². The van der Waals surface area contributed by atoms with Crippen LogP contribution in [0, 0.1) is 0 Å². The van der Waals surface area contributed by atoms with Crippen molar-refractivity contribution in [3.05, 3.63) is 17.7 Å². The van der Waals surface area contributed by atoms with Gasteiger partial charge >= 0.3 is 0 Å². The number of aryl methyl sites for hydroxylation is 1. The van der Waals surface area contributed by atoms with Crippen LogP contribution >= 0.6 is 0 Å². The Morgan fingerprint density at radius 1 is 1.11 bits per heavy atom. The molecule has 0 amide bonds. The Morgan fingerprint density at radius 2 is 1.78 bits per heavy atom. The van der Waals surface area contributed by atoms with Crippen molar-refractivity contribution in [1.29, 1.82) is 0 Å². The van der Waals surface area contributed by atoms with E-state index in [2.05, 4.69) is 32.2 Å². The molecule has 0 aliphatic carbocycles. The fourth-order valence-electron chi connectivity index (χ4n) is 1.95. The second kappa shape index (κ2) is 7.14. The first-order valence-electron chi connectivity index (χ1n) is 6.63. The van der Waals surface area contributed by atoms with Gasteiger partial charge in [-0.25, -0.2) is 0 Å². The summed E-state index contributed by atoms with van der Waals surface area (Å²) >= 11 is 0. The van der Waals surface area contributed by atoms with Crippen molar-refractivity contribution < 1.29 is 9.47 Å². The molecule has 1 N–H and O–H groups in total. The quantitative estimate of drug-likeness (QED) is 0.798. The number of rotatable bonds is 7. The molecule has 0 aromatic heterocycles. The number of ether oxygens (including phenoxy) is 2. The first kappa shape index (κ1) is 14.7. The van der Waals surface area contributed by atoms with Crippen LogP contribution in [0.4, 0.5) is 5.69 Å². The molecule has 0 unspecified atom stereocenters. The average Bonchev–Trinajstić information content (AvgIpc) is 2.35. The number of methoxy groups -OCH3 is 2. The Balaban J connectivity index is 3.06. The van der Waals surface area contributed by atoms with Crippen LogP contribution < -0.4 is 14.8 Å². The Hall–Kier alpha value is -1.38. The molecule has 3 nitrogen and oxygen atoms in total. The van der Waals surface area contributed by atoms with E-state index in [0.717, 1.165) is 30.0 Å². The van der Waals surface area contributed by atoms with E-state index in [0.29, 0.717) is 6.04 Å². The summed E-state index contributed by atoms with van der Waals surface area (Å²) in [6.07, 6.45) is 3.37. The minimum atomic E-state index is 0.366. The van der Waals surface area contributed by atoms with Gasteiger partial charge < -0.3 is 14.8 Å². The minimum Gasteiger partial charge on any atom is -0.496 e. The molecule has 0 saturated heterocycles. The Kier molecular flexibility index (Phi) is 5.83. The largest absolute Gasteiger partial charge is 0.496 e. The molecule has 0 atom stereocenters. The maximum absolute atomic E-state index is 5.47. The van der Waals surface area contributed by atoms with Crippen LogP contribution in [0.1, 0.15) is 39.2 Å². The summed E-state index contributed by atoms with van der Waals surface area (Å²) in [5, 5.41) is 3.38. The van der Waals surface area contributed by atoms with Gasteiger partial charge in [0.25, 0.3) is 0 Å². The van der Waals surface area contributed by atoms with E-state index < -0.39 is 0 Å². The number of nitrogens with one attached hydrogen (secondary N) is 1. The summed E-state index contributed by atoms with van der Waals surface area (Å²) in [6, 6.07) is 4.48. The fourth-order valence-corrected chi connectivity index (χ4v) is 1.95. The number of anilines is 1. The first-order valence-corrected chi connectivity index (χ1v) is 6.63. The number of hydrogen-bond acceptors (Lipinski definition) is 3. The molecular weight excluding hydrogens is 226 g/mol.